The number of aliphatic imine (C=N–C) groups is 1. The lowest BCUT2D eigenvalue weighted by Crippen LogP contribution is -2.20. The Morgan fingerprint density at radius 3 is 2.79 bits per heavy atom. The van der Waals surface area contributed by atoms with Crippen LogP contribution in [0.1, 0.15) is 25.0 Å². The van der Waals surface area contributed by atoms with E-state index >= 15 is 0 Å². The minimum atomic E-state index is -0.000579. The summed E-state index contributed by atoms with van der Waals surface area (Å²) in [6.07, 6.45) is 2.87. The van der Waals surface area contributed by atoms with E-state index in [4.69, 9.17) is 5.26 Å². The summed E-state index contributed by atoms with van der Waals surface area (Å²) in [5.74, 6) is 0. The van der Waals surface area contributed by atoms with Gasteiger partial charge in [0, 0.05) is 11.0 Å². The average molecular weight is 184 g/mol. The maximum Gasteiger partial charge on any atom is 0.205 e. The van der Waals surface area contributed by atoms with Crippen LogP contribution < -0.4 is 0 Å². The average Bonchev–Trinajstić information content (AvgIpc) is 2.39. The zero-order valence-corrected chi connectivity index (χ0v) is 8.41. The van der Waals surface area contributed by atoms with Crippen molar-refractivity contribution in [1.29, 1.82) is 5.26 Å². The Kier molecular flexibility index (Phi) is 1.89. The molecule has 1 aliphatic rings. The Balaban J connectivity index is 2.61. The molecule has 2 heteroatoms. The largest absolute Gasteiger partial charge is 0.205 e. The quantitative estimate of drug-likeness (QED) is 0.571. The summed E-state index contributed by atoms with van der Waals surface area (Å²) < 4.78 is 0. The number of rotatable bonds is 0. The molecule has 70 valence electrons. The van der Waals surface area contributed by atoms with Crippen molar-refractivity contribution >= 4 is 5.71 Å². The van der Waals surface area contributed by atoms with Crippen LogP contribution in [0.2, 0.25) is 0 Å². The molecule has 0 amide bonds. The molecule has 0 atom stereocenters. The molecule has 1 aliphatic carbocycles. The van der Waals surface area contributed by atoms with Crippen LogP contribution in [0, 0.1) is 16.9 Å². The molecule has 14 heavy (non-hydrogen) atoms. The normalized spacial score (nSPS) is 20.5. The molecule has 0 spiro atoms. The van der Waals surface area contributed by atoms with Gasteiger partial charge in [-0.05, 0) is 12.0 Å². The second-order valence-electron chi connectivity index (χ2n) is 4.28. The molecule has 0 bridgehead atoms. The fourth-order valence-electron chi connectivity index (χ4n) is 2.09. The van der Waals surface area contributed by atoms with Gasteiger partial charge >= 0.3 is 0 Å². The molecule has 0 radical (unpaired) electrons. The van der Waals surface area contributed by atoms with Crippen LogP contribution in [0.5, 0.6) is 0 Å². The predicted molar refractivity (Wildman–Crippen MR) is 56.1 cm³/mol. The molecule has 0 unspecified atom stereocenters. The lowest BCUT2D eigenvalue weighted by atomic mass is 9.88. The first-order valence-electron chi connectivity index (χ1n) is 4.71. The first kappa shape index (κ1) is 8.96. The highest BCUT2D eigenvalue weighted by Gasteiger charge is 2.34. The topological polar surface area (TPSA) is 36.1 Å². The molecule has 0 saturated heterocycles. The minimum absolute atomic E-state index is 0.000579. The van der Waals surface area contributed by atoms with Crippen LogP contribution in [-0.2, 0) is 6.42 Å². The van der Waals surface area contributed by atoms with Gasteiger partial charge in [0.2, 0.25) is 6.19 Å². The van der Waals surface area contributed by atoms with E-state index < -0.39 is 0 Å². The van der Waals surface area contributed by atoms with E-state index in [1.165, 1.54) is 5.56 Å². The van der Waals surface area contributed by atoms with Gasteiger partial charge in [-0.2, -0.15) is 10.3 Å². The Bertz CT molecular complexity index is 436. The molecule has 2 rings (SSSR count). The number of fused-ring (bicyclic) bond motifs is 1. The predicted octanol–water partition coefficient (Wildman–Crippen LogP) is 2.54. The van der Waals surface area contributed by atoms with Gasteiger partial charge in [0.15, 0.2) is 0 Å². The van der Waals surface area contributed by atoms with Crippen molar-refractivity contribution in [3.63, 3.8) is 0 Å². The molecule has 0 aliphatic heterocycles. The molecule has 0 saturated carbocycles. The molecule has 0 heterocycles. The number of hydrogen-bond acceptors (Lipinski definition) is 2. The van der Waals surface area contributed by atoms with E-state index in [0.717, 1.165) is 17.7 Å². The molecular weight excluding hydrogens is 172 g/mol. The van der Waals surface area contributed by atoms with Gasteiger partial charge in [0.25, 0.3) is 0 Å². The molecule has 0 aromatic heterocycles. The SMILES string of the molecule is CC1(C)Cc2ccccc2/C1=N\C#N. The first-order valence-corrected chi connectivity index (χ1v) is 4.71. The summed E-state index contributed by atoms with van der Waals surface area (Å²) in [6.45, 7) is 4.26. The summed E-state index contributed by atoms with van der Waals surface area (Å²) in [6, 6.07) is 8.18. The van der Waals surface area contributed by atoms with Gasteiger partial charge in [-0.15, -0.1) is 0 Å². The maximum absolute atomic E-state index is 8.65. The van der Waals surface area contributed by atoms with E-state index in [1.807, 2.05) is 24.4 Å². The summed E-state index contributed by atoms with van der Waals surface area (Å²) in [5, 5.41) is 8.65. The van der Waals surface area contributed by atoms with Crippen molar-refractivity contribution in [3.05, 3.63) is 35.4 Å². The van der Waals surface area contributed by atoms with Crippen molar-refractivity contribution in [2.75, 3.05) is 0 Å². The van der Waals surface area contributed by atoms with Crippen LogP contribution in [0.25, 0.3) is 0 Å². The first-order chi connectivity index (χ1) is 6.65. The van der Waals surface area contributed by atoms with E-state index in [0.29, 0.717) is 0 Å². The number of hydrogen-bond donors (Lipinski definition) is 0. The van der Waals surface area contributed by atoms with Crippen LogP contribution in [0.4, 0.5) is 0 Å². The Hall–Kier alpha value is -1.62. The van der Waals surface area contributed by atoms with Gasteiger partial charge < -0.3 is 0 Å². The molecule has 0 N–H and O–H groups in total. The Morgan fingerprint density at radius 1 is 1.36 bits per heavy atom. The third kappa shape index (κ3) is 1.22. The van der Waals surface area contributed by atoms with Crippen molar-refractivity contribution in [3.8, 4) is 6.19 Å². The van der Waals surface area contributed by atoms with Crippen molar-refractivity contribution in [1.82, 2.24) is 0 Å². The highest BCUT2D eigenvalue weighted by Crippen LogP contribution is 2.36. The Labute approximate surface area is 83.9 Å². The van der Waals surface area contributed by atoms with E-state index in [1.54, 1.807) is 0 Å². The summed E-state index contributed by atoms with van der Waals surface area (Å²) in [7, 11) is 0. The van der Waals surface area contributed by atoms with Gasteiger partial charge in [0.05, 0.1) is 5.71 Å². The van der Waals surface area contributed by atoms with E-state index in [9.17, 15) is 0 Å². The number of benzene rings is 1. The zero-order chi connectivity index (χ0) is 10.2. The number of nitriles is 1. The third-order valence-electron chi connectivity index (χ3n) is 2.71. The van der Waals surface area contributed by atoms with Gasteiger partial charge in [-0.3, -0.25) is 0 Å². The summed E-state index contributed by atoms with van der Waals surface area (Å²) >= 11 is 0. The highest BCUT2D eigenvalue weighted by atomic mass is 14.8. The lowest BCUT2D eigenvalue weighted by Gasteiger charge is -2.16. The zero-order valence-electron chi connectivity index (χ0n) is 8.41. The standard InChI is InChI=1S/C12H12N2/c1-12(2)7-9-5-3-4-6-10(9)11(12)14-8-13/h3-6H,7H2,1-2H3/b14-11+. The molecule has 2 nitrogen and oxygen atoms in total. The summed E-state index contributed by atoms with van der Waals surface area (Å²) in [5.41, 5.74) is 3.36. The minimum Gasteiger partial charge on any atom is -0.177 e. The van der Waals surface area contributed by atoms with Crippen LogP contribution in [0.15, 0.2) is 29.3 Å². The van der Waals surface area contributed by atoms with Crippen LogP contribution in [0.3, 0.4) is 0 Å². The van der Waals surface area contributed by atoms with E-state index in [2.05, 4.69) is 24.9 Å². The number of nitrogens with zero attached hydrogens (tertiary/aromatic N) is 2. The van der Waals surface area contributed by atoms with Crippen molar-refractivity contribution in [2.45, 2.75) is 20.3 Å². The lowest BCUT2D eigenvalue weighted by molar-refractivity contribution is 0.540. The molecule has 1 aromatic carbocycles. The monoisotopic (exact) mass is 184 g/mol. The van der Waals surface area contributed by atoms with Gasteiger partial charge in [-0.1, -0.05) is 38.1 Å². The third-order valence-corrected chi connectivity index (χ3v) is 2.71. The fraction of sp³-hybridized carbons (Fsp3) is 0.333. The van der Waals surface area contributed by atoms with Gasteiger partial charge in [0.1, 0.15) is 0 Å². The summed E-state index contributed by atoms with van der Waals surface area (Å²) in [4.78, 5) is 3.94. The highest BCUT2D eigenvalue weighted by molar-refractivity contribution is 6.08. The second kappa shape index (κ2) is 2.95. The molecular formula is C12H12N2. The van der Waals surface area contributed by atoms with Crippen LogP contribution in [-0.4, -0.2) is 5.71 Å². The second-order valence-corrected chi connectivity index (χ2v) is 4.28. The van der Waals surface area contributed by atoms with Crippen molar-refractivity contribution < 1.29 is 0 Å². The van der Waals surface area contributed by atoms with Gasteiger partial charge in [-0.25, -0.2) is 0 Å². The van der Waals surface area contributed by atoms with Crippen molar-refractivity contribution in [2.24, 2.45) is 10.4 Å². The fourth-order valence-corrected chi connectivity index (χ4v) is 2.09. The Morgan fingerprint density at radius 2 is 2.07 bits per heavy atom. The maximum atomic E-state index is 8.65. The van der Waals surface area contributed by atoms with E-state index in [-0.39, 0.29) is 5.41 Å². The smallest absolute Gasteiger partial charge is 0.177 e. The van der Waals surface area contributed by atoms with Crippen LogP contribution >= 0.6 is 0 Å². The molecule has 0 fully saturated rings. The molecule has 1 aromatic rings.